The Labute approximate surface area is 183 Å². The van der Waals surface area contributed by atoms with E-state index in [1.165, 1.54) is 0 Å². The Morgan fingerprint density at radius 3 is 2.68 bits per heavy atom. The highest BCUT2D eigenvalue weighted by Crippen LogP contribution is 2.42. The molecule has 0 bridgehead atoms. The second-order valence-corrected chi connectivity index (χ2v) is 15.2. The van der Waals surface area contributed by atoms with E-state index < -0.39 is 8.07 Å². The van der Waals surface area contributed by atoms with Gasteiger partial charge < -0.3 is 9.30 Å². The molecule has 3 heterocycles. The number of aromatic nitrogens is 4. The molecule has 0 spiro atoms. The van der Waals surface area contributed by atoms with Crippen LogP contribution in [0.4, 0.5) is 0 Å². The lowest BCUT2D eigenvalue weighted by atomic mass is 9.75. The van der Waals surface area contributed by atoms with Crippen LogP contribution in [-0.4, -0.2) is 34.0 Å². The SMILES string of the molecule is C[Si](C)(C)CCOCn1ccc2c(-c3cnn(C4(CC#N)CCC4)c3)c(C#N)cnc21. The van der Waals surface area contributed by atoms with Crippen molar-refractivity contribution in [1.29, 1.82) is 10.5 Å². The zero-order chi connectivity index (χ0) is 22.1. The second kappa shape index (κ2) is 8.30. The van der Waals surface area contributed by atoms with Gasteiger partial charge >= 0.3 is 0 Å². The summed E-state index contributed by atoms with van der Waals surface area (Å²) in [4.78, 5) is 4.54. The number of pyridine rings is 1. The molecule has 4 rings (SSSR count). The molecular formula is C23H28N6OSi. The van der Waals surface area contributed by atoms with E-state index in [1.54, 1.807) is 12.4 Å². The monoisotopic (exact) mass is 432 g/mol. The van der Waals surface area contributed by atoms with Crippen molar-refractivity contribution in [2.45, 2.75) is 63.6 Å². The Bertz CT molecular complexity index is 1170. The highest BCUT2D eigenvalue weighted by atomic mass is 28.3. The van der Waals surface area contributed by atoms with Crippen LogP contribution >= 0.6 is 0 Å². The summed E-state index contributed by atoms with van der Waals surface area (Å²) in [6.45, 7) is 8.19. The van der Waals surface area contributed by atoms with Crippen molar-refractivity contribution in [3.05, 3.63) is 36.4 Å². The topological polar surface area (TPSA) is 92.5 Å². The van der Waals surface area contributed by atoms with Gasteiger partial charge in [0.25, 0.3) is 0 Å². The third-order valence-electron chi connectivity index (χ3n) is 6.19. The van der Waals surface area contributed by atoms with E-state index in [0.29, 0.717) is 18.7 Å². The molecule has 0 radical (unpaired) electrons. The first-order valence-electron chi connectivity index (χ1n) is 10.8. The Morgan fingerprint density at radius 2 is 2.03 bits per heavy atom. The molecule has 1 fully saturated rings. The predicted octanol–water partition coefficient (Wildman–Crippen LogP) is 4.88. The summed E-state index contributed by atoms with van der Waals surface area (Å²) in [7, 11) is -1.13. The predicted molar refractivity (Wildman–Crippen MR) is 122 cm³/mol. The first-order valence-corrected chi connectivity index (χ1v) is 14.5. The lowest BCUT2D eigenvalue weighted by Gasteiger charge is -2.40. The van der Waals surface area contributed by atoms with Gasteiger partial charge in [-0.05, 0) is 31.4 Å². The van der Waals surface area contributed by atoms with Crippen LogP contribution in [0.25, 0.3) is 22.2 Å². The van der Waals surface area contributed by atoms with Crippen molar-refractivity contribution < 1.29 is 4.74 Å². The molecule has 0 N–H and O–H groups in total. The molecule has 0 unspecified atom stereocenters. The molecule has 1 saturated carbocycles. The van der Waals surface area contributed by atoms with Crippen LogP contribution in [0.1, 0.15) is 31.2 Å². The molecule has 7 nitrogen and oxygen atoms in total. The van der Waals surface area contributed by atoms with Crippen molar-refractivity contribution in [3.8, 4) is 23.3 Å². The summed E-state index contributed by atoms with van der Waals surface area (Å²) in [5.41, 5.74) is 2.83. The number of rotatable bonds is 8. The van der Waals surface area contributed by atoms with Crippen LogP contribution in [0.3, 0.4) is 0 Å². The number of fused-ring (bicyclic) bond motifs is 1. The highest BCUT2D eigenvalue weighted by Gasteiger charge is 2.39. The van der Waals surface area contributed by atoms with E-state index in [4.69, 9.17) is 4.74 Å². The zero-order valence-corrected chi connectivity index (χ0v) is 19.4. The van der Waals surface area contributed by atoms with E-state index in [1.807, 2.05) is 27.7 Å². The smallest absolute Gasteiger partial charge is 0.142 e. The third kappa shape index (κ3) is 4.14. The Morgan fingerprint density at radius 1 is 1.23 bits per heavy atom. The highest BCUT2D eigenvalue weighted by molar-refractivity contribution is 6.76. The number of nitrogens with zero attached hydrogens (tertiary/aromatic N) is 6. The maximum atomic E-state index is 9.72. The first-order chi connectivity index (χ1) is 14.9. The molecule has 31 heavy (non-hydrogen) atoms. The number of ether oxygens (including phenoxy) is 1. The van der Waals surface area contributed by atoms with Gasteiger partial charge in [0, 0.05) is 49.8 Å². The molecular weight excluding hydrogens is 404 g/mol. The van der Waals surface area contributed by atoms with E-state index >= 15 is 0 Å². The van der Waals surface area contributed by atoms with E-state index in [9.17, 15) is 10.5 Å². The summed E-state index contributed by atoms with van der Waals surface area (Å²) in [5, 5.41) is 24.5. The average Bonchev–Trinajstić information content (AvgIpc) is 3.34. The van der Waals surface area contributed by atoms with Gasteiger partial charge in [-0.25, -0.2) is 4.98 Å². The van der Waals surface area contributed by atoms with Crippen LogP contribution in [0.5, 0.6) is 0 Å². The van der Waals surface area contributed by atoms with E-state index in [-0.39, 0.29) is 5.54 Å². The maximum absolute atomic E-state index is 9.72. The Kier molecular flexibility index (Phi) is 5.70. The molecule has 0 saturated heterocycles. The van der Waals surface area contributed by atoms with E-state index in [0.717, 1.165) is 54.1 Å². The Balaban J connectivity index is 1.65. The molecule has 0 atom stereocenters. The maximum Gasteiger partial charge on any atom is 0.142 e. The molecule has 3 aromatic rings. The lowest BCUT2D eigenvalue weighted by molar-refractivity contribution is 0.0899. The minimum atomic E-state index is -1.13. The fraction of sp³-hybridized carbons (Fsp3) is 0.478. The fourth-order valence-corrected chi connectivity index (χ4v) is 4.87. The van der Waals surface area contributed by atoms with Gasteiger partial charge in [-0.1, -0.05) is 19.6 Å². The molecule has 8 heteroatoms. The van der Waals surface area contributed by atoms with Gasteiger partial charge in [0.1, 0.15) is 18.4 Å². The minimum absolute atomic E-state index is 0.206. The molecule has 0 aliphatic heterocycles. The van der Waals surface area contributed by atoms with Crippen LogP contribution in [0.2, 0.25) is 25.7 Å². The van der Waals surface area contributed by atoms with Gasteiger partial charge in [-0.3, -0.25) is 4.68 Å². The summed E-state index contributed by atoms with van der Waals surface area (Å²) < 4.78 is 9.82. The van der Waals surface area contributed by atoms with Gasteiger partial charge in [-0.2, -0.15) is 15.6 Å². The van der Waals surface area contributed by atoms with Crippen molar-refractivity contribution in [3.63, 3.8) is 0 Å². The van der Waals surface area contributed by atoms with Crippen LogP contribution in [-0.2, 0) is 17.0 Å². The second-order valence-electron chi connectivity index (χ2n) is 9.62. The molecule has 0 aromatic carbocycles. The molecule has 1 aliphatic rings. The first kappa shape index (κ1) is 21.3. The summed E-state index contributed by atoms with van der Waals surface area (Å²) in [6, 6.07) is 7.70. The Hall–Kier alpha value is -2.94. The van der Waals surface area contributed by atoms with Gasteiger partial charge in [0.15, 0.2) is 0 Å². The van der Waals surface area contributed by atoms with Crippen molar-refractivity contribution >= 4 is 19.1 Å². The van der Waals surface area contributed by atoms with Crippen molar-refractivity contribution in [2.24, 2.45) is 0 Å². The summed E-state index contributed by atoms with van der Waals surface area (Å²) in [6.07, 6.45) is 10.9. The molecule has 1 aliphatic carbocycles. The molecule has 160 valence electrons. The largest absolute Gasteiger partial charge is 0.361 e. The third-order valence-corrected chi connectivity index (χ3v) is 7.89. The standard InChI is InChI=1S/C23H28N6OSi/c1-31(2,3)12-11-30-17-28-10-5-20-21(18(13-25)14-26-22(20)28)19-15-27-29(16-19)23(8-9-24)6-4-7-23/h5,10,14-16H,4,6-8,11-12,17H2,1-3H3. The number of hydrogen-bond donors (Lipinski definition) is 0. The van der Waals surface area contributed by atoms with Crippen LogP contribution in [0.15, 0.2) is 30.9 Å². The molecule has 3 aromatic heterocycles. The normalized spacial score (nSPS) is 15.4. The fourth-order valence-electron chi connectivity index (χ4n) is 4.11. The average molecular weight is 433 g/mol. The lowest BCUT2D eigenvalue weighted by Crippen LogP contribution is -2.40. The van der Waals surface area contributed by atoms with Crippen molar-refractivity contribution in [2.75, 3.05) is 6.61 Å². The molecule has 0 amide bonds. The van der Waals surface area contributed by atoms with Crippen LogP contribution < -0.4 is 0 Å². The van der Waals surface area contributed by atoms with Gasteiger partial charge in [-0.15, -0.1) is 0 Å². The van der Waals surface area contributed by atoms with Gasteiger partial charge in [0.2, 0.25) is 0 Å². The number of nitriles is 2. The summed E-state index contributed by atoms with van der Waals surface area (Å²) in [5.74, 6) is 0. The van der Waals surface area contributed by atoms with Gasteiger partial charge in [0.05, 0.1) is 29.8 Å². The summed E-state index contributed by atoms with van der Waals surface area (Å²) >= 11 is 0. The quantitative estimate of drug-likeness (QED) is 0.374. The van der Waals surface area contributed by atoms with E-state index in [2.05, 4.69) is 41.9 Å². The minimum Gasteiger partial charge on any atom is -0.361 e. The number of hydrogen-bond acceptors (Lipinski definition) is 5. The van der Waals surface area contributed by atoms with Crippen LogP contribution in [0, 0.1) is 22.7 Å². The zero-order valence-electron chi connectivity index (χ0n) is 18.4. The van der Waals surface area contributed by atoms with Crippen molar-refractivity contribution in [1.82, 2.24) is 19.3 Å².